The second-order valence-electron chi connectivity index (χ2n) is 2.96. The molecule has 1 atom stereocenters. The average molecular weight is 152 g/mol. The molecule has 0 radical (unpaired) electrons. The summed E-state index contributed by atoms with van der Waals surface area (Å²) in [5.74, 6) is 1.57. The molecule has 1 saturated heterocycles. The predicted octanol–water partition coefficient (Wildman–Crippen LogP) is 1.14. The molecule has 0 aliphatic carbocycles. The van der Waals surface area contributed by atoms with Crippen molar-refractivity contribution in [3.05, 3.63) is 18.0 Å². The van der Waals surface area contributed by atoms with E-state index in [2.05, 4.69) is 10.5 Å². The van der Waals surface area contributed by atoms with Crippen LogP contribution in [0.15, 0.2) is 16.8 Å². The Kier molecular flexibility index (Phi) is 1.90. The van der Waals surface area contributed by atoms with Crippen LogP contribution in [-0.2, 0) is 0 Å². The van der Waals surface area contributed by atoms with Crippen LogP contribution in [-0.4, -0.2) is 18.2 Å². The molecule has 1 aromatic heterocycles. The number of nitrogens with one attached hydrogen (secondary N) is 1. The van der Waals surface area contributed by atoms with Gasteiger partial charge in [-0.25, -0.2) is 0 Å². The minimum atomic E-state index is 0.547. The van der Waals surface area contributed by atoms with Crippen molar-refractivity contribution >= 4 is 0 Å². The van der Waals surface area contributed by atoms with Crippen LogP contribution in [0.1, 0.15) is 24.5 Å². The molecule has 2 heterocycles. The second kappa shape index (κ2) is 3.05. The van der Waals surface area contributed by atoms with Gasteiger partial charge in [-0.2, -0.15) is 0 Å². The Morgan fingerprint density at radius 3 is 3.27 bits per heavy atom. The van der Waals surface area contributed by atoms with Gasteiger partial charge in [-0.15, -0.1) is 0 Å². The van der Waals surface area contributed by atoms with Crippen LogP contribution in [0.4, 0.5) is 0 Å². The summed E-state index contributed by atoms with van der Waals surface area (Å²) >= 11 is 0. The lowest BCUT2D eigenvalue weighted by atomic mass is 9.97. The van der Waals surface area contributed by atoms with Crippen molar-refractivity contribution in [1.82, 2.24) is 10.5 Å². The first-order valence-electron chi connectivity index (χ1n) is 4.08. The summed E-state index contributed by atoms with van der Waals surface area (Å²) in [6, 6.07) is 1.96. The normalized spacial score (nSPS) is 25.3. The highest BCUT2D eigenvalue weighted by Crippen LogP contribution is 2.21. The molecule has 2 rings (SSSR count). The van der Waals surface area contributed by atoms with Gasteiger partial charge in [0.25, 0.3) is 0 Å². The predicted molar refractivity (Wildman–Crippen MR) is 41.3 cm³/mol. The summed E-state index contributed by atoms with van der Waals surface area (Å²) in [5, 5.41) is 7.03. The van der Waals surface area contributed by atoms with Gasteiger partial charge in [-0.3, -0.25) is 0 Å². The molecule has 0 unspecified atom stereocenters. The quantitative estimate of drug-likeness (QED) is 0.655. The minimum absolute atomic E-state index is 0.547. The first kappa shape index (κ1) is 6.85. The third kappa shape index (κ3) is 1.43. The van der Waals surface area contributed by atoms with E-state index in [1.807, 2.05) is 6.07 Å². The number of hydrogen-bond acceptors (Lipinski definition) is 3. The molecule has 1 N–H and O–H groups in total. The standard InChI is InChI=1S/C8H12N2O/c1-2-7(6-9-4-1)8-3-5-10-11-8/h3,5,7,9H,1-2,4,6H2/t7-/m1/s1. The van der Waals surface area contributed by atoms with E-state index in [4.69, 9.17) is 4.52 Å². The smallest absolute Gasteiger partial charge is 0.141 e. The molecule has 0 aromatic carbocycles. The van der Waals surface area contributed by atoms with E-state index in [1.165, 1.54) is 12.8 Å². The maximum Gasteiger partial charge on any atom is 0.141 e. The number of rotatable bonds is 1. The summed E-state index contributed by atoms with van der Waals surface area (Å²) < 4.78 is 5.08. The highest BCUT2D eigenvalue weighted by atomic mass is 16.5. The Bertz CT molecular complexity index is 202. The molecule has 60 valence electrons. The van der Waals surface area contributed by atoms with Crippen LogP contribution in [0.5, 0.6) is 0 Å². The summed E-state index contributed by atoms with van der Waals surface area (Å²) in [4.78, 5) is 0. The van der Waals surface area contributed by atoms with Crippen molar-refractivity contribution < 1.29 is 4.52 Å². The van der Waals surface area contributed by atoms with E-state index in [9.17, 15) is 0 Å². The van der Waals surface area contributed by atoms with Gasteiger partial charge in [0.05, 0.1) is 6.20 Å². The SMILES string of the molecule is c1cc([C@@H]2CCCNC2)on1. The fraction of sp³-hybridized carbons (Fsp3) is 0.625. The Labute approximate surface area is 65.8 Å². The zero-order valence-electron chi connectivity index (χ0n) is 6.42. The van der Waals surface area contributed by atoms with Crippen LogP contribution in [0.2, 0.25) is 0 Å². The Balaban J connectivity index is 2.04. The Morgan fingerprint density at radius 2 is 2.64 bits per heavy atom. The van der Waals surface area contributed by atoms with Crippen molar-refractivity contribution in [2.24, 2.45) is 0 Å². The van der Waals surface area contributed by atoms with Gasteiger partial charge < -0.3 is 9.84 Å². The molecule has 1 aliphatic rings. The average Bonchev–Trinajstić information content (AvgIpc) is 2.58. The molecule has 0 saturated carbocycles. The maximum absolute atomic E-state index is 5.08. The van der Waals surface area contributed by atoms with Crippen molar-refractivity contribution in [3.8, 4) is 0 Å². The summed E-state index contributed by atoms with van der Waals surface area (Å²) in [6.07, 6.45) is 4.18. The molecule has 1 fully saturated rings. The van der Waals surface area contributed by atoms with Gasteiger partial charge in [0, 0.05) is 18.5 Å². The first-order valence-corrected chi connectivity index (χ1v) is 4.08. The van der Waals surface area contributed by atoms with Gasteiger partial charge in [-0.05, 0) is 19.4 Å². The van der Waals surface area contributed by atoms with Crippen LogP contribution < -0.4 is 5.32 Å². The molecule has 0 bridgehead atoms. The van der Waals surface area contributed by atoms with Gasteiger partial charge >= 0.3 is 0 Å². The molecule has 11 heavy (non-hydrogen) atoms. The Hall–Kier alpha value is -0.830. The summed E-state index contributed by atoms with van der Waals surface area (Å²) in [5.41, 5.74) is 0. The van der Waals surface area contributed by atoms with E-state index < -0.39 is 0 Å². The molecule has 1 aromatic rings. The minimum Gasteiger partial charge on any atom is -0.361 e. The molecular weight excluding hydrogens is 140 g/mol. The Morgan fingerprint density at radius 1 is 1.64 bits per heavy atom. The number of aromatic nitrogens is 1. The lowest BCUT2D eigenvalue weighted by Gasteiger charge is -2.19. The van der Waals surface area contributed by atoms with Crippen LogP contribution in [0.25, 0.3) is 0 Å². The molecule has 1 aliphatic heterocycles. The third-order valence-corrected chi connectivity index (χ3v) is 2.16. The van der Waals surface area contributed by atoms with Crippen molar-refractivity contribution in [3.63, 3.8) is 0 Å². The van der Waals surface area contributed by atoms with Gasteiger partial charge in [0.15, 0.2) is 0 Å². The zero-order valence-corrected chi connectivity index (χ0v) is 6.42. The lowest BCUT2D eigenvalue weighted by molar-refractivity contribution is 0.329. The molecular formula is C8H12N2O. The van der Waals surface area contributed by atoms with Crippen LogP contribution in [0, 0.1) is 0 Å². The van der Waals surface area contributed by atoms with E-state index in [0.29, 0.717) is 5.92 Å². The molecule has 3 nitrogen and oxygen atoms in total. The van der Waals surface area contributed by atoms with Crippen molar-refractivity contribution in [1.29, 1.82) is 0 Å². The van der Waals surface area contributed by atoms with E-state index in [-0.39, 0.29) is 0 Å². The van der Waals surface area contributed by atoms with Crippen LogP contribution in [0.3, 0.4) is 0 Å². The molecule has 0 spiro atoms. The maximum atomic E-state index is 5.08. The van der Waals surface area contributed by atoms with E-state index in [1.54, 1.807) is 6.20 Å². The van der Waals surface area contributed by atoms with E-state index >= 15 is 0 Å². The number of nitrogens with zero attached hydrogens (tertiary/aromatic N) is 1. The largest absolute Gasteiger partial charge is 0.361 e. The fourth-order valence-electron chi connectivity index (χ4n) is 1.53. The fourth-order valence-corrected chi connectivity index (χ4v) is 1.53. The van der Waals surface area contributed by atoms with Gasteiger partial charge in [-0.1, -0.05) is 5.16 Å². The highest BCUT2D eigenvalue weighted by Gasteiger charge is 2.17. The first-order chi connectivity index (χ1) is 5.47. The summed E-state index contributed by atoms with van der Waals surface area (Å²) in [7, 11) is 0. The van der Waals surface area contributed by atoms with Crippen LogP contribution >= 0.6 is 0 Å². The molecule has 3 heteroatoms. The third-order valence-electron chi connectivity index (χ3n) is 2.16. The second-order valence-corrected chi connectivity index (χ2v) is 2.96. The monoisotopic (exact) mass is 152 g/mol. The van der Waals surface area contributed by atoms with Gasteiger partial charge in [0.2, 0.25) is 0 Å². The number of piperidine rings is 1. The van der Waals surface area contributed by atoms with Crippen molar-refractivity contribution in [2.75, 3.05) is 13.1 Å². The molecule has 0 amide bonds. The highest BCUT2D eigenvalue weighted by molar-refractivity contribution is 5.03. The van der Waals surface area contributed by atoms with Gasteiger partial charge in [0.1, 0.15) is 5.76 Å². The zero-order chi connectivity index (χ0) is 7.52. The number of hydrogen-bond donors (Lipinski definition) is 1. The summed E-state index contributed by atoms with van der Waals surface area (Å²) in [6.45, 7) is 2.18. The topological polar surface area (TPSA) is 38.1 Å². The lowest BCUT2D eigenvalue weighted by Crippen LogP contribution is -2.28. The van der Waals surface area contributed by atoms with E-state index in [0.717, 1.165) is 18.8 Å². The van der Waals surface area contributed by atoms with Crippen molar-refractivity contribution in [2.45, 2.75) is 18.8 Å².